The van der Waals surface area contributed by atoms with Gasteiger partial charge in [0.1, 0.15) is 11.0 Å². The van der Waals surface area contributed by atoms with Gasteiger partial charge in [-0.1, -0.05) is 328 Å². The van der Waals surface area contributed by atoms with Crippen molar-refractivity contribution in [1.29, 1.82) is 0 Å². The molecule has 0 spiro atoms. The lowest BCUT2D eigenvalue weighted by Crippen LogP contribution is -1.91. The van der Waals surface area contributed by atoms with E-state index in [1.54, 1.807) is 23.7 Å². The van der Waals surface area contributed by atoms with E-state index >= 15 is 0 Å². The maximum absolute atomic E-state index is 4.68. The van der Waals surface area contributed by atoms with Crippen molar-refractivity contribution >= 4 is 312 Å². The number of nitrogens with zero attached hydrogens (tertiary/aromatic N) is 2. The van der Waals surface area contributed by atoms with Crippen molar-refractivity contribution in [3.8, 4) is 84.9 Å². The minimum atomic E-state index is 0.999. The second-order valence-corrected chi connectivity index (χ2v) is 51.2. The van der Waals surface area contributed by atoms with Gasteiger partial charge >= 0.3 is 0 Å². The lowest BCUT2D eigenvalue weighted by atomic mass is 9.85. The molecule has 0 unspecified atom stereocenters. The van der Waals surface area contributed by atoms with E-state index in [1.807, 2.05) is 113 Å². The summed E-state index contributed by atoms with van der Waals surface area (Å²) in [6.45, 7) is 13.0. The zero-order valence-electron chi connectivity index (χ0n) is 82.0. The topological polar surface area (TPSA) is 25.8 Å². The number of hydrogen-bond acceptors (Lipinski definition) is 13. The zero-order chi connectivity index (χ0) is 99.6. The Bertz CT molecular complexity index is 10500. The van der Waals surface area contributed by atoms with Crippen molar-refractivity contribution in [2.45, 2.75) is 41.5 Å². The Balaban J connectivity index is 0.0000000893. The molecule has 0 fully saturated rings. The molecule has 12 aromatic heterocycles. The summed E-state index contributed by atoms with van der Waals surface area (Å²) in [4.78, 5) is 25.4. The summed E-state index contributed by atoms with van der Waals surface area (Å²) in [5, 5.41) is 31.6. The first-order valence-corrected chi connectivity index (χ1v) is 58.9. The second kappa shape index (κ2) is 39.0. The fourth-order valence-electron chi connectivity index (χ4n) is 21.8. The summed E-state index contributed by atoms with van der Waals surface area (Å²) in [6, 6.07) is 155. The van der Waals surface area contributed by atoms with Gasteiger partial charge in [-0.05, 0) is 312 Å². The number of fused-ring (bicyclic) bond motifs is 16. The van der Waals surface area contributed by atoms with Gasteiger partial charge in [0.2, 0.25) is 0 Å². The molecular weight excluding hydrogens is 2010 g/mol. The number of thiophene rings is 11. The quantitative estimate of drug-likeness (QED) is 0.112. The number of aromatic nitrogens is 2. The lowest BCUT2D eigenvalue weighted by molar-refractivity contribution is 1.30. The van der Waals surface area contributed by atoms with Crippen LogP contribution in [-0.4, -0.2) is 9.97 Å². The third-order valence-corrected chi connectivity index (χ3v) is 40.8. The molecule has 12 heterocycles. The van der Waals surface area contributed by atoms with Gasteiger partial charge in [-0.3, -0.25) is 9.97 Å². The highest BCUT2D eigenvalue weighted by Crippen LogP contribution is 2.53. The maximum atomic E-state index is 4.68. The third kappa shape index (κ3) is 17.5. The molecule has 0 bridgehead atoms. The van der Waals surface area contributed by atoms with E-state index in [-0.39, 0.29) is 0 Å². The number of aryl methyl sites for hydroxylation is 6. The maximum Gasteiger partial charge on any atom is 0.108 e. The van der Waals surface area contributed by atoms with Crippen LogP contribution in [0.2, 0.25) is 0 Å². The van der Waals surface area contributed by atoms with Crippen molar-refractivity contribution in [1.82, 2.24) is 9.97 Å². The van der Waals surface area contributed by atoms with Crippen LogP contribution < -0.4 is 0 Å². The van der Waals surface area contributed by atoms with Crippen LogP contribution in [0.3, 0.4) is 0 Å². The van der Waals surface area contributed by atoms with Crippen LogP contribution in [0, 0.1) is 41.5 Å². The fourth-order valence-corrected chi connectivity index (χ4v) is 34.6. The van der Waals surface area contributed by atoms with Crippen molar-refractivity contribution in [3.63, 3.8) is 0 Å². The van der Waals surface area contributed by atoms with Gasteiger partial charge in [0.05, 0.1) is 4.88 Å². The highest BCUT2D eigenvalue weighted by molar-refractivity contribution is 7.32. The Kier molecular flexibility index (Phi) is 24.3. The summed E-state index contributed by atoms with van der Waals surface area (Å²) in [6.07, 6.45) is 3.57. The molecule has 0 aliphatic rings. The van der Waals surface area contributed by atoms with E-state index in [1.165, 1.54) is 290 Å². The highest BCUT2D eigenvalue weighted by Gasteiger charge is 2.24. The number of hydrogen-bond donors (Lipinski definition) is 0. The van der Waals surface area contributed by atoms with Gasteiger partial charge in [-0.15, -0.1) is 125 Å². The van der Waals surface area contributed by atoms with Crippen LogP contribution in [-0.2, 0) is 0 Å². The van der Waals surface area contributed by atoms with Crippen LogP contribution in [0.4, 0.5) is 0 Å². The highest BCUT2D eigenvalue weighted by atomic mass is 32.1. The normalized spacial score (nSPS) is 11.7. The molecule has 0 aliphatic carbocycles. The van der Waals surface area contributed by atoms with Gasteiger partial charge in [-0.25, -0.2) is 0 Å². The van der Waals surface area contributed by atoms with Gasteiger partial charge in [-0.2, -0.15) is 0 Å². The van der Waals surface area contributed by atoms with E-state index < -0.39 is 0 Å². The molecule has 2 nitrogen and oxygen atoms in total. The first-order valence-electron chi connectivity index (χ1n) is 49.9. The molecule has 0 aliphatic heterocycles. The molecule has 710 valence electrons. The number of benzene rings is 20. The molecule has 0 radical (unpaired) electrons. The van der Waals surface area contributed by atoms with E-state index in [0.29, 0.717) is 0 Å². The average Bonchev–Trinajstić information content (AvgIpc) is 1.10. The largest absolute Gasteiger partial charge is 0.252 e. The van der Waals surface area contributed by atoms with Crippen molar-refractivity contribution in [2.24, 2.45) is 0 Å². The SMILES string of the molecule is Cc1cc2sc(-c3c4ccccc4cc4ccccc34)cc2s1.Cc1cc2sc(-c3ccc4c(-c5ccccc5)c5ccccc5c(-c5ccccc5)c4c3)cc2s1.Cc1cc2sc(-c3ccc4cc5ccccc5cc4c3)cc2s1.Cc1cc2sc(-c3ccc4ccccc4c3)cc2s1.Cc1cc2sc(-c3cccc4ccccc34)cc2s1.Cc1sc(-c2ccc3c4cccc5cccc(c6cccc2c63)c54)c2nccnc12. The molecule has 149 heavy (non-hydrogen) atoms. The van der Waals surface area contributed by atoms with Crippen LogP contribution >= 0.6 is 125 Å². The van der Waals surface area contributed by atoms with Crippen LogP contribution in [0.15, 0.2) is 437 Å². The molecule has 0 amide bonds. The summed E-state index contributed by atoms with van der Waals surface area (Å²) in [5.74, 6) is 0. The molecule has 13 heteroatoms. The van der Waals surface area contributed by atoms with Crippen molar-refractivity contribution in [3.05, 3.63) is 466 Å². The monoisotopic (exact) mass is 2100 g/mol. The van der Waals surface area contributed by atoms with Gasteiger partial charge in [0.15, 0.2) is 0 Å². The molecule has 0 N–H and O–H groups in total. The Labute approximate surface area is 905 Å². The summed E-state index contributed by atoms with van der Waals surface area (Å²) in [5.41, 5.74) is 15.0. The smallest absolute Gasteiger partial charge is 0.108 e. The second-order valence-electron chi connectivity index (χ2n) is 38.2. The molecule has 32 rings (SSSR count). The Morgan fingerprint density at radius 1 is 0.161 bits per heavy atom. The molecule has 20 aromatic carbocycles. The predicted octanol–water partition coefficient (Wildman–Crippen LogP) is 45.0. The van der Waals surface area contributed by atoms with E-state index in [2.05, 4.69) is 476 Å². The molecule has 32 aromatic rings. The van der Waals surface area contributed by atoms with Crippen molar-refractivity contribution in [2.75, 3.05) is 0 Å². The van der Waals surface area contributed by atoms with Crippen molar-refractivity contribution < 1.29 is 0 Å². The Hall–Kier alpha value is -14.9. The fraction of sp³-hybridized carbons (Fsp3) is 0.0441. The predicted molar refractivity (Wildman–Crippen MR) is 669 cm³/mol. The van der Waals surface area contributed by atoms with Crippen LogP contribution in [0.25, 0.3) is 272 Å². The molecule has 0 atom stereocenters. The minimum absolute atomic E-state index is 0.999. The molecule has 0 saturated carbocycles. The van der Waals surface area contributed by atoms with E-state index in [9.17, 15) is 0 Å². The van der Waals surface area contributed by atoms with Crippen LogP contribution in [0.1, 0.15) is 29.3 Å². The summed E-state index contributed by atoms with van der Waals surface area (Å²) >= 11 is 20.7. The Morgan fingerprint density at radius 2 is 0.497 bits per heavy atom. The Morgan fingerprint density at radius 3 is 1.04 bits per heavy atom. The van der Waals surface area contributed by atoms with Gasteiger partial charge < -0.3 is 0 Å². The molecular formula is C136H90N2S11. The number of rotatable bonds is 8. The van der Waals surface area contributed by atoms with Crippen LogP contribution in [0.5, 0.6) is 0 Å². The van der Waals surface area contributed by atoms with E-state index in [4.69, 9.17) is 0 Å². The summed E-state index contributed by atoms with van der Waals surface area (Å²) < 4.78 is 14.0. The first-order chi connectivity index (χ1) is 73.2. The lowest BCUT2D eigenvalue weighted by Gasteiger charge is -2.18. The average molecular weight is 2100 g/mol. The standard InChI is InChI=1S/C33H22S2.C27H16N2S.2C21H14S2.2C17H12S2/c1-21-18-30-31(34-21)20-29(35-30)24-16-17-27-28(19-24)33(23-12-6-3-7-13-23)26-15-9-8-14-25(26)32(27)22-10-4-2-5-11-22;1-15-25-26(29-14-13-28-25)27(30-15)22-12-11-21-18-8-3-6-16-5-2-7-17(23(16)18)19-9-4-10-20(22)24(19)21;1-13-10-18-19(22-13)12-20(23-18)21-16-8-4-2-6-14(16)11-15-7-3-5-9-17(15)21;1-13-8-20-21(22-13)12-19(23-20)17-7-6-16-9-14-4-2-3-5-15(14)10-18(16)11-17;1-11-9-16-17(18-11)10-15(19-16)14-8-4-6-12-5-2-3-7-13(12)14;1-11-8-16-17(18-11)10-15(19-16)14-7-6-12-4-2-3-5-13(12)9-14/h2-20H,1H3;2-14H,1H3;2*2-12H,1H3;2*2-10H,1H3. The van der Waals surface area contributed by atoms with E-state index in [0.717, 1.165) is 11.0 Å². The third-order valence-electron chi connectivity index (χ3n) is 28.5. The zero-order valence-corrected chi connectivity index (χ0v) is 90.9. The summed E-state index contributed by atoms with van der Waals surface area (Å²) in [7, 11) is 0. The van der Waals surface area contributed by atoms with Gasteiger partial charge in [0, 0.05) is 124 Å². The molecule has 0 saturated heterocycles. The minimum Gasteiger partial charge on any atom is -0.252 e. The van der Waals surface area contributed by atoms with Gasteiger partial charge in [0.25, 0.3) is 0 Å². The first kappa shape index (κ1) is 92.7.